The van der Waals surface area contributed by atoms with Crippen LogP contribution in [-0.2, 0) is 11.3 Å². The molecule has 1 aromatic carbocycles. The van der Waals surface area contributed by atoms with Gasteiger partial charge >= 0.3 is 0 Å². The van der Waals surface area contributed by atoms with Gasteiger partial charge in [0.2, 0.25) is 0 Å². The van der Waals surface area contributed by atoms with Crippen LogP contribution >= 0.6 is 0 Å². The summed E-state index contributed by atoms with van der Waals surface area (Å²) in [4.78, 5) is 1.71. The van der Waals surface area contributed by atoms with Gasteiger partial charge in [-0.3, -0.25) is 4.90 Å². The summed E-state index contributed by atoms with van der Waals surface area (Å²) in [5, 5.41) is 0. The van der Waals surface area contributed by atoms with E-state index in [1.54, 1.807) is 4.90 Å². The van der Waals surface area contributed by atoms with Gasteiger partial charge in [0.1, 0.15) is 0 Å². The first-order chi connectivity index (χ1) is 7.74. The predicted octanol–water partition coefficient (Wildman–Crippen LogP) is 2.15. The van der Waals surface area contributed by atoms with Crippen molar-refractivity contribution in [1.29, 1.82) is 0 Å². The number of hydrogen-bond donors (Lipinski definition) is 0. The van der Waals surface area contributed by atoms with Gasteiger partial charge in [-0.1, -0.05) is 30.3 Å². The first-order valence-corrected chi connectivity index (χ1v) is 5.40. The van der Waals surface area contributed by atoms with Crippen LogP contribution in [0.3, 0.4) is 0 Å². The largest absolute Gasteiger partial charge is 0.371 e. The van der Waals surface area contributed by atoms with Gasteiger partial charge in [0.15, 0.2) is 0 Å². The fraction of sp³-hybridized carbons (Fsp3) is 0.500. The zero-order valence-electron chi connectivity index (χ0n) is 8.98. The third-order valence-corrected chi connectivity index (χ3v) is 2.65. The Balaban J connectivity index is 1.63. The van der Waals surface area contributed by atoms with E-state index in [1.807, 2.05) is 30.3 Å². The second-order valence-electron chi connectivity index (χ2n) is 4.03. The topological polar surface area (TPSA) is 12.5 Å². The Morgan fingerprint density at radius 3 is 2.56 bits per heavy atom. The quantitative estimate of drug-likeness (QED) is 0.764. The monoisotopic (exact) mass is 227 g/mol. The third kappa shape index (κ3) is 3.25. The van der Waals surface area contributed by atoms with Crippen LogP contribution in [0, 0.1) is 0 Å². The van der Waals surface area contributed by atoms with Crippen molar-refractivity contribution in [2.45, 2.75) is 19.1 Å². The van der Waals surface area contributed by atoms with Gasteiger partial charge in [-0.2, -0.15) is 0 Å². The highest BCUT2D eigenvalue weighted by Gasteiger charge is 2.28. The number of halogens is 2. The Kier molecular flexibility index (Phi) is 3.85. The molecule has 2 rings (SSSR count). The second-order valence-corrected chi connectivity index (χ2v) is 4.03. The summed E-state index contributed by atoms with van der Waals surface area (Å²) in [5.41, 5.74) is 1.12. The minimum atomic E-state index is -2.24. The average molecular weight is 227 g/mol. The van der Waals surface area contributed by atoms with E-state index < -0.39 is 6.43 Å². The summed E-state index contributed by atoms with van der Waals surface area (Å²) < 4.78 is 29.6. The van der Waals surface area contributed by atoms with E-state index in [9.17, 15) is 8.78 Å². The summed E-state index contributed by atoms with van der Waals surface area (Å²) in [6.45, 7) is 1.67. The number of ether oxygens (including phenoxy) is 1. The molecule has 1 saturated heterocycles. The van der Waals surface area contributed by atoms with E-state index in [-0.39, 0.29) is 12.6 Å². The standard InChI is InChI=1S/C12H15F2NO/c13-12(14)8-15-6-11(7-15)16-9-10-4-2-1-3-5-10/h1-5,11-12H,6-9H2. The Morgan fingerprint density at radius 1 is 1.25 bits per heavy atom. The minimum absolute atomic E-state index is 0.110. The molecule has 1 fully saturated rings. The van der Waals surface area contributed by atoms with Gasteiger partial charge < -0.3 is 4.74 Å². The molecule has 4 heteroatoms. The van der Waals surface area contributed by atoms with E-state index in [1.165, 1.54) is 0 Å². The van der Waals surface area contributed by atoms with E-state index >= 15 is 0 Å². The summed E-state index contributed by atoms with van der Waals surface area (Å²) in [5.74, 6) is 0. The van der Waals surface area contributed by atoms with Gasteiger partial charge in [-0.15, -0.1) is 0 Å². The summed E-state index contributed by atoms with van der Waals surface area (Å²) in [6, 6.07) is 9.87. The molecule has 1 aromatic rings. The van der Waals surface area contributed by atoms with E-state index in [2.05, 4.69) is 0 Å². The third-order valence-electron chi connectivity index (χ3n) is 2.65. The molecule has 1 aliphatic heterocycles. The molecular formula is C12H15F2NO. The summed E-state index contributed by atoms with van der Waals surface area (Å²) in [6.07, 6.45) is -2.13. The van der Waals surface area contributed by atoms with Crippen LogP contribution in [0.5, 0.6) is 0 Å². The Morgan fingerprint density at radius 2 is 1.94 bits per heavy atom. The predicted molar refractivity (Wildman–Crippen MR) is 57.5 cm³/mol. The van der Waals surface area contributed by atoms with Crippen molar-refractivity contribution >= 4 is 0 Å². The van der Waals surface area contributed by atoms with Crippen LogP contribution in [0.4, 0.5) is 8.78 Å². The van der Waals surface area contributed by atoms with Crippen molar-refractivity contribution < 1.29 is 13.5 Å². The maximum Gasteiger partial charge on any atom is 0.251 e. The fourth-order valence-corrected chi connectivity index (χ4v) is 1.76. The first kappa shape index (κ1) is 11.5. The molecule has 0 atom stereocenters. The normalized spacial score (nSPS) is 17.7. The number of benzene rings is 1. The van der Waals surface area contributed by atoms with Gasteiger partial charge in [0.05, 0.1) is 19.3 Å². The molecule has 0 saturated carbocycles. The molecule has 0 aromatic heterocycles. The van der Waals surface area contributed by atoms with E-state index in [0.717, 1.165) is 5.56 Å². The highest BCUT2D eigenvalue weighted by Crippen LogP contribution is 2.15. The zero-order valence-corrected chi connectivity index (χ0v) is 8.98. The van der Waals surface area contributed by atoms with Crippen molar-refractivity contribution in [3.8, 4) is 0 Å². The molecule has 0 N–H and O–H groups in total. The van der Waals surface area contributed by atoms with Gasteiger partial charge in [-0.25, -0.2) is 8.78 Å². The lowest BCUT2D eigenvalue weighted by atomic mass is 10.1. The Hall–Kier alpha value is -1.00. The molecule has 1 heterocycles. The van der Waals surface area contributed by atoms with Crippen LogP contribution in [0.2, 0.25) is 0 Å². The molecule has 2 nitrogen and oxygen atoms in total. The van der Waals surface area contributed by atoms with Crippen LogP contribution in [0.15, 0.2) is 30.3 Å². The summed E-state index contributed by atoms with van der Waals surface area (Å²) in [7, 11) is 0. The maximum absolute atomic E-state index is 12.0. The SMILES string of the molecule is FC(F)CN1CC(OCc2ccccc2)C1. The Labute approximate surface area is 93.8 Å². The molecule has 16 heavy (non-hydrogen) atoms. The highest BCUT2D eigenvalue weighted by molar-refractivity contribution is 5.13. The molecule has 0 bridgehead atoms. The second kappa shape index (κ2) is 5.37. The fourth-order valence-electron chi connectivity index (χ4n) is 1.76. The molecule has 0 aliphatic carbocycles. The maximum atomic E-state index is 12.0. The number of alkyl halides is 2. The van der Waals surface area contributed by atoms with Crippen molar-refractivity contribution in [2.75, 3.05) is 19.6 Å². The molecular weight excluding hydrogens is 212 g/mol. The lowest BCUT2D eigenvalue weighted by Gasteiger charge is -2.38. The molecule has 0 unspecified atom stereocenters. The van der Waals surface area contributed by atoms with Crippen molar-refractivity contribution in [3.63, 3.8) is 0 Å². The summed E-state index contributed by atoms with van der Waals surface area (Å²) >= 11 is 0. The molecule has 0 radical (unpaired) electrons. The van der Waals surface area contributed by atoms with Crippen molar-refractivity contribution in [3.05, 3.63) is 35.9 Å². The molecule has 0 spiro atoms. The Bertz CT molecular complexity index is 312. The van der Waals surface area contributed by atoms with Crippen LogP contribution < -0.4 is 0 Å². The smallest absolute Gasteiger partial charge is 0.251 e. The zero-order chi connectivity index (χ0) is 11.4. The number of rotatable bonds is 5. The molecule has 0 amide bonds. The first-order valence-electron chi connectivity index (χ1n) is 5.40. The average Bonchev–Trinajstić information content (AvgIpc) is 2.22. The van der Waals surface area contributed by atoms with Gasteiger partial charge in [0.25, 0.3) is 6.43 Å². The number of nitrogens with zero attached hydrogens (tertiary/aromatic N) is 1. The van der Waals surface area contributed by atoms with Crippen LogP contribution in [0.25, 0.3) is 0 Å². The number of likely N-dealkylation sites (tertiary alicyclic amines) is 1. The van der Waals surface area contributed by atoms with Gasteiger partial charge in [0, 0.05) is 13.1 Å². The van der Waals surface area contributed by atoms with E-state index in [4.69, 9.17) is 4.74 Å². The number of hydrogen-bond acceptors (Lipinski definition) is 2. The van der Waals surface area contributed by atoms with E-state index in [0.29, 0.717) is 19.7 Å². The molecule has 88 valence electrons. The minimum Gasteiger partial charge on any atom is -0.371 e. The highest BCUT2D eigenvalue weighted by atomic mass is 19.3. The van der Waals surface area contributed by atoms with Crippen LogP contribution in [-0.4, -0.2) is 37.1 Å². The van der Waals surface area contributed by atoms with Crippen molar-refractivity contribution in [1.82, 2.24) is 4.90 Å². The molecule has 1 aliphatic rings. The van der Waals surface area contributed by atoms with Gasteiger partial charge in [-0.05, 0) is 5.56 Å². The lowest BCUT2D eigenvalue weighted by Crippen LogP contribution is -2.53. The van der Waals surface area contributed by atoms with Crippen molar-refractivity contribution in [2.24, 2.45) is 0 Å². The lowest BCUT2D eigenvalue weighted by molar-refractivity contribution is -0.0778. The van der Waals surface area contributed by atoms with Crippen LogP contribution in [0.1, 0.15) is 5.56 Å².